The molecular weight excluding hydrogens is 360 g/mol. The van der Waals surface area contributed by atoms with Gasteiger partial charge in [0.05, 0.1) is 10.7 Å². The molecule has 4 heterocycles. The van der Waals surface area contributed by atoms with Crippen LogP contribution in [0.15, 0.2) is 30.5 Å². The maximum Gasteiger partial charge on any atom is 0.181 e. The Hall–Kier alpha value is -2.18. The lowest BCUT2D eigenvalue weighted by atomic mass is 9.87. The Morgan fingerprint density at radius 2 is 2.15 bits per heavy atom. The van der Waals surface area contributed by atoms with Crippen molar-refractivity contribution >= 4 is 28.5 Å². The van der Waals surface area contributed by atoms with Gasteiger partial charge in [-0.15, -0.1) is 0 Å². The number of nitrogens with one attached hydrogen (secondary N) is 2. The highest BCUT2D eigenvalue weighted by molar-refractivity contribution is 6.33. The zero-order valence-electron chi connectivity index (χ0n) is 16.0. The molecule has 1 aliphatic rings. The molecule has 7 heteroatoms. The van der Waals surface area contributed by atoms with Crippen LogP contribution in [0, 0.1) is 5.41 Å². The molecule has 6 nitrogen and oxygen atoms in total. The van der Waals surface area contributed by atoms with Gasteiger partial charge < -0.3 is 10.2 Å². The van der Waals surface area contributed by atoms with Crippen LogP contribution in [0.5, 0.6) is 0 Å². The fourth-order valence-corrected chi connectivity index (χ4v) is 3.92. The largest absolute Gasteiger partial charge is 0.354 e. The molecule has 144 valence electrons. The van der Waals surface area contributed by atoms with Gasteiger partial charge in [0.15, 0.2) is 5.65 Å². The molecule has 4 rings (SSSR count). The third-order valence-electron chi connectivity index (χ3n) is 4.84. The summed E-state index contributed by atoms with van der Waals surface area (Å²) in [5, 5.41) is 12.5. The van der Waals surface area contributed by atoms with E-state index in [0.29, 0.717) is 22.1 Å². The number of halogens is 1. The lowest BCUT2D eigenvalue weighted by molar-refractivity contribution is 0.296. The van der Waals surface area contributed by atoms with E-state index in [1.165, 1.54) is 0 Å². The molecule has 0 aliphatic carbocycles. The molecular formula is C20H27ClN6. The van der Waals surface area contributed by atoms with E-state index in [-0.39, 0.29) is 1.43 Å². The third-order valence-corrected chi connectivity index (χ3v) is 5.14. The Morgan fingerprint density at radius 3 is 2.96 bits per heavy atom. The number of H-pyrrole nitrogens is 1. The monoisotopic (exact) mass is 386 g/mol. The normalized spacial score (nSPS) is 18.2. The summed E-state index contributed by atoms with van der Waals surface area (Å²) >= 11 is 6.48. The number of nitrogens with zero attached hydrogens (tertiary/aromatic N) is 4. The van der Waals surface area contributed by atoms with E-state index >= 15 is 0 Å². The third kappa shape index (κ3) is 3.92. The SMILES string of the molecule is CC(C)(C)C[C@H]1CN(c2ccc(Cl)c(-c3[nH]nc4ncccc34)n2)CCN1.[HH]. The predicted octanol–water partition coefficient (Wildman–Crippen LogP) is 4.13. The maximum atomic E-state index is 6.48. The summed E-state index contributed by atoms with van der Waals surface area (Å²) in [6.07, 6.45) is 2.86. The van der Waals surface area contributed by atoms with Crippen LogP contribution in [0.3, 0.4) is 0 Å². The zero-order chi connectivity index (χ0) is 19.0. The molecule has 3 aromatic heterocycles. The molecule has 0 aromatic carbocycles. The van der Waals surface area contributed by atoms with Gasteiger partial charge in [-0.2, -0.15) is 5.10 Å². The van der Waals surface area contributed by atoms with Crippen molar-refractivity contribution in [3.63, 3.8) is 0 Å². The lowest BCUT2D eigenvalue weighted by Gasteiger charge is -2.37. The Labute approximate surface area is 165 Å². The van der Waals surface area contributed by atoms with Gasteiger partial charge >= 0.3 is 0 Å². The van der Waals surface area contributed by atoms with E-state index in [0.717, 1.165) is 48.6 Å². The highest BCUT2D eigenvalue weighted by atomic mass is 35.5. The zero-order valence-corrected chi connectivity index (χ0v) is 16.7. The molecule has 1 atom stereocenters. The second-order valence-corrected chi connectivity index (χ2v) is 8.74. The predicted molar refractivity (Wildman–Crippen MR) is 112 cm³/mol. The molecule has 3 aromatic rings. The molecule has 2 N–H and O–H groups in total. The van der Waals surface area contributed by atoms with Crippen molar-refractivity contribution in [2.75, 3.05) is 24.5 Å². The number of aromatic amines is 1. The first-order valence-corrected chi connectivity index (χ1v) is 9.73. The van der Waals surface area contributed by atoms with Gasteiger partial charge in [0.1, 0.15) is 11.5 Å². The fraction of sp³-hybridized carbons (Fsp3) is 0.450. The van der Waals surface area contributed by atoms with Gasteiger partial charge in [-0.3, -0.25) is 5.10 Å². The minimum Gasteiger partial charge on any atom is -0.354 e. The summed E-state index contributed by atoms with van der Waals surface area (Å²) in [7, 11) is 0. The van der Waals surface area contributed by atoms with Gasteiger partial charge in [-0.1, -0.05) is 32.4 Å². The second-order valence-electron chi connectivity index (χ2n) is 8.33. The van der Waals surface area contributed by atoms with Gasteiger partial charge in [0.25, 0.3) is 0 Å². The molecule has 0 unspecified atom stereocenters. The smallest absolute Gasteiger partial charge is 0.181 e. The topological polar surface area (TPSA) is 69.7 Å². The van der Waals surface area contributed by atoms with Crippen LogP contribution < -0.4 is 10.2 Å². The Kier molecular flexibility index (Phi) is 4.78. The average Bonchev–Trinajstić information content (AvgIpc) is 3.05. The second kappa shape index (κ2) is 7.09. The minimum absolute atomic E-state index is 0. The highest BCUT2D eigenvalue weighted by Crippen LogP contribution is 2.32. The van der Waals surface area contributed by atoms with Crippen LogP contribution in [0.2, 0.25) is 5.02 Å². The molecule has 0 spiro atoms. The summed E-state index contributed by atoms with van der Waals surface area (Å²) in [5.41, 5.74) is 2.49. The summed E-state index contributed by atoms with van der Waals surface area (Å²) in [6.45, 7) is 9.67. The van der Waals surface area contributed by atoms with Crippen molar-refractivity contribution in [2.45, 2.75) is 33.2 Å². The lowest BCUT2D eigenvalue weighted by Crippen LogP contribution is -2.52. The van der Waals surface area contributed by atoms with Gasteiger partial charge in [0.2, 0.25) is 0 Å². The van der Waals surface area contributed by atoms with Crippen molar-refractivity contribution in [1.82, 2.24) is 25.5 Å². The molecule has 1 fully saturated rings. The Morgan fingerprint density at radius 1 is 1.30 bits per heavy atom. The molecule has 0 bridgehead atoms. The fourth-order valence-electron chi connectivity index (χ4n) is 3.72. The number of aromatic nitrogens is 4. The molecule has 0 radical (unpaired) electrons. The summed E-state index contributed by atoms with van der Waals surface area (Å²) in [5.74, 6) is 0.946. The molecule has 0 amide bonds. The van der Waals surface area contributed by atoms with E-state index in [1.807, 2.05) is 24.3 Å². The first kappa shape index (κ1) is 18.2. The number of anilines is 1. The van der Waals surface area contributed by atoms with Gasteiger partial charge in [0, 0.05) is 38.7 Å². The van der Waals surface area contributed by atoms with Crippen molar-refractivity contribution < 1.29 is 1.43 Å². The van der Waals surface area contributed by atoms with E-state index in [1.54, 1.807) is 6.20 Å². The molecule has 27 heavy (non-hydrogen) atoms. The number of hydrogen-bond acceptors (Lipinski definition) is 5. The Balaban J connectivity index is 0.00000225. The van der Waals surface area contributed by atoms with Crippen LogP contribution in [-0.2, 0) is 0 Å². The summed E-state index contributed by atoms with van der Waals surface area (Å²) in [6, 6.07) is 8.25. The molecule has 1 saturated heterocycles. The highest BCUT2D eigenvalue weighted by Gasteiger charge is 2.25. The van der Waals surface area contributed by atoms with Crippen molar-refractivity contribution in [1.29, 1.82) is 0 Å². The van der Waals surface area contributed by atoms with Crippen LogP contribution >= 0.6 is 11.6 Å². The van der Waals surface area contributed by atoms with E-state index in [9.17, 15) is 0 Å². The van der Waals surface area contributed by atoms with Gasteiger partial charge in [-0.05, 0) is 36.1 Å². The van der Waals surface area contributed by atoms with Crippen molar-refractivity contribution in [3.05, 3.63) is 35.5 Å². The van der Waals surface area contributed by atoms with Crippen LogP contribution in [0.1, 0.15) is 28.6 Å². The quantitative estimate of drug-likeness (QED) is 0.708. The van der Waals surface area contributed by atoms with E-state index in [4.69, 9.17) is 16.6 Å². The van der Waals surface area contributed by atoms with E-state index in [2.05, 4.69) is 46.2 Å². The number of piperazine rings is 1. The van der Waals surface area contributed by atoms with Crippen LogP contribution in [0.4, 0.5) is 5.82 Å². The van der Waals surface area contributed by atoms with Crippen LogP contribution in [0.25, 0.3) is 22.4 Å². The molecule has 0 saturated carbocycles. The minimum atomic E-state index is 0. The maximum absolute atomic E-state index is 6.48. The average molecular weight is 387 g/mol. The van der Waals surface area contributed by atoms with Crippen molar-refractivity contribution in [2.24, 2.45) is 5.41 Å². The summed E-state index contributed by atoms with van der Waals surface area (Å²) < 4.78 is 0. The number of rotatable bonds is 3. The number of fused-ring (bicyclic) bond motifs is 1. The van der Waals surface area contributed by atoms with E-state index < -0.39 is 0 Å². The molecule has 1 aliphatic heterocycles. The van der Waals surface area contributed by atoms with Gasteiger partial charge in [-0.25, -0.2) is 9.97 Å². The first-order valence-electron chi connectivity index (χ1n) is 9.35. The van der Waals surface area contributed by atoms with Crippen LogP contribution in [-0.4, -0.2) is 45.8 Å². The first-order chi connectivity index (χ1) is 12.9. The Bertz CT molecular complexity index is 951. The summed E-state index contributed by atoms with van der Waals surface area (Å²) in [4.78, 5) is 11.5. The van der Waals surface area contributed by atoms with Crippen molar-refractivity contribution in [3.8, 4) is 11.4 Å². The number of pyridine rings is 2. The number of hydrogen-bond donors (Lipinski definition) is 2. The standard InChI is InChI=1S/C20H25ClN6.H2/c1-20(2,3)11-13-12-27(10-9-22-13)16-7-6-15(21)18(24-16)17-14-5-4-8-23-19(14)26-25-17;/h4-8,13,22H,9-12H2,1-3H3,(H,23,25,26);1H/t13-;/m0./s1.